The zero-order chi connectivity index (χ0) is 18.9. The van der Waals surface area contributed by atoms with Gasteiger partial charge in [-0.25, -0.2) is 9.00 Å². The van der Waals surface area contributed by atoms with Crippen LogP contribution in [0.25, 0.3) is 0 Å². The van der Waals surface area contributed by atoms with Crippen LogP contribution in [-0.2, 0) is 10.8 Å². The molecule has 0 radical (unpaired) electrons. The molecule has 0 aromatic heterocycles. The summed E-state index contributed by atoms with van der Waals surface area (Å²) in [5, 5.41) is 30.3. The van der Waals surface area contributed by atoms with E-state index in [-0.39, 0.29) is 33.4 Å². The van der Waals surface area contributed by atoms with E-state index in [4.69, 9.17) is 0 Å². The minimum Gasteiger partial charge on any atom is -0.507 e. The van der Waals surface area contributed by atoms with Crippen LogP contribution in [0.15, 0.2) is 40.1 Å². The molecule has 2 rings (SSSR count). The first-order chi connectivity index (χ1) is 11.6. The summed E-state index contributed by atoms with van der Waals surface area (Å²) < 4.78 is 12.9. The van der Waals surface area contributed by atoms with Crippen LogP contribution in [0.2, 0.25) is 0 Å². The molecule has 0 saturated carbocycles. The molecule has 0 aliphatic rings. The van der Waals surface area contributed by atoms with Gasteiger partial charge in [-0.2, -0.15) is 0 Å². The fourth-order valence-electron chi connectivity index (χ4n) is 2.48. The van der Waals surface area contributed by atoms with Crippen molar-refractivity contribution < 1.29 is 24.1 Å². The van der Waals surface area contributed by atoms with Gasteiger partial charge in [0.1, 0.15) is 11.3 Å². The number of carbonyl (C=O) groups is 1. The van der Waals surface area contributed by atoms with Crippen LogP contribution in [0, 0.1) is 17.0 Å². The summed E-state index contributed by atoms with van der Waals surface area (Å²) in [4.78, 5) is 22.2. The van der Waals surface area contributed by atoms with E-state index in [9.17, 15) is 29.3 Å². The highest BCUT2D eigenvalue weighted by atomic mass is 32.2. The molecule has 1 atom stereocenters. The van der Waals surface area contributed by atoms with Gasteiger partial charge in [-0.05, 0) is 42.2 Å². The molecule has 0 aliphatic heterocycles. The predicted molar refractivity (Wildman–Crippen MR) is 91.7 cm³/mol. The van der Waals surface area contributed by atoms with Crippen molar-refractivity contribution in [3.05, 3.63) is 57.1 Å². The number of aromatic hydroxyl groups is 1. The maximum absolute atomic E-state index is 12.9. The average Bonchev–Trinajstić information content (AvgIpc) is 2.53. The highest BCUT2D eigenvalue weighted by Crippen LogP contribution is 2.36. The van der Waals surface area contributed by atoms with Crippen LogP contribution in [0.3, 0.4) is 0 Å². The van der Waals surface area contributed by atoms with Gasteiger partial charge in [0.05, 0.1) is 15.7 Å². The Morgan fingerprint density at radius 2 is 1.80 bits per heavy atom. The van der Waals surface area contributed by atoms with Crippen LogP contribution >= 0.6 is 0 Å². The molecule has 2 aromatic rings. The Hall–Kier alpha value is -2.74. The molecule has 0 saturated heterocycles. The number of rotatable bonds is 5. The number of phenols is 1. The highest BCUT2D eigenvalue weighted by molar-refractivity contribution is 7.85. The van der Waals surface area contributed by atoms with Crippen molar-refractivity contribution in [3.63, 3.8) is 0 Å². The summed E-state index contributed by atoms with van der Waals surface area (Å²) >= 11 is 0. The number of hydrogen-bond acceptors (Lipinski definition) is 5. The van der Waals surface area contributed by atoms with Gasteiger partial charge >= 0.3 is 5.97 Å². The van der Waals surface area contributed by atoms with Crippen molar-refractivity contribution in [3.8, 4) is 5.75 Å². The quantitative estimate of drug-likeness (QED) is 0.619. The number of carboxylic acid groups (broad SMARTS) is 1. The molecule has 25 heavy (non-hydrogen) atoms. The van der Waals surface area contributed by atoms with E-state index < -0.39 is 21.7 Å². The average molecular weight is 363 g/mol. The van der Waals surface area contributed by atoms with Gasteiger partial charge in [-0.1, -0.05) is 13.8 Å². The van der Waals surface area contributed by atoms with Gasteiger partial charge in [-0.3, -0.25) is 10.1 Å². The molecule has 0 spiro atoms. The molecular weight excluding hydrogens is 346 g/mol. The number of nitro groups is 1. The van der Waals surface area contributed by atoms with E-state index in [0.29, 0.717) is 10.5 Å². The van der Waals surface area contributed by atoms with Gasteiger partial charge in [0.15, 0.2) is 0 Å². The molecule has 0 amide bonds. The van der Waals surface area contributed by atoms with Crippen LogP contribution in [0.4, 0.5) is 5.69 Å². The maximum atomic E-state index is 12.9. The van der Waals surface area contributed by atoms with Gasteiger partial charge in [0, 0.05) is 21.9 Å². The fourth-order valence-corrected chi connectivity index (χ4v) is 3.73. The van der Waals surface area contributed by atoms with E-state index in [0.717, 1.165) is 0 Å². The minimum absolute atomic E-state index is 0.128. The Bertz CT molecular complexity index is 874. The van der Waals surface area contributed by atoms with Gasteiger partial charge in [0.2, 0.25) is 0 Å². The molecule has 0 fully saturated rings. The SMILES string of the molecule is Cc1c(S(=O)c2ccc([N+](=O)[O-])cc2)cc(C(C)C)c(O)c1C(=O)O. The Balaban J connectivity index is 2.63. The Morgan fingerprint density at radius 1 is 1.24 bits per heavy atom. The van der Waals surface area contributed by atoms with Crippen LogP contribution in [-0.4, -0.2) is 25.3 Å². The smallest absolute Gasteiger partial charge is 0.339 e. The third-order valence-corrected chi connectivity index (χ3v) is 5.36. The summed E-state index contributed by atoms with van der Waals surface area (Å²) in [6.45, 7) is 5.05. The molecule has 132 valence electrons. The molecular formula is C17H17NO6S. The molecule has 2 aromatic carbocycles. The summed E-state index contributed by atoms with van der Waals surface area (Å²) in [7, 11) is -1.74. The third kappa shape index (κ3) is 3.53. The van der Waals surface area contributed by atoms with Crippen LogP contribution in [0.1, 0.15) is 41.3 Å². The minimum atomic E-state index is -1.74. The maximum Gasteiger partial charge on any atom is 0.339 e. The zero-order valence-corrected chi connectivity index (χ0v) is 14.7. The molecule has 0 aliphatic carbocycles. The molecule has 8 heteroatoms. The second kappa shape index (κ2) is 7.02. The predicted octanol–water partition coefficient (Wildman–Crippen LogP) is 3.60. The van der Waals surface area contributed by atoms with Crippen molar-refractivity contribution in [1.29, 1.82) is 0 Å². The first kappa shape index (κ1) is 18.6. The normalized spacial score (nSPS) is 12.2. The number of non-ortho nitro benzene ring substituents is 1. The first-order valence-electron chi connectivity index (χ1n) is 7.41. The van der Waals surface area contributed by atoms with Crippen molar-refractivity contribution in [2.75, 3.05) is 0 Å². The lowest BCUT2D eigenvalue weighted by atomic mass is 9.96. The first-order valence-corrected chi connectivity index (χ1v) is 8.56. The van der Waals surface area contributed by atoms with Gasteiger partial charge in [-0.15, -0.1) is 0 Å². The third-order valence-electron chi connectivity index (χ3n) is 3.84. The van der Waals surface area contributed by atoms with Crippen LogP contribution in [0.5, 0.6) is 5.75 Å². The van der Waals surface area contributed by atoms with E-state index in [1.54, 1.807) is 13.8 Å². The summed E-state index contributed by atoms with van der Waals surface area (Å²) in [6.07, 6.45) is 0. The number of nitrogens with zero attached hydrogens (tertiary/aromatic N) is 1. The summed E-state index contributed by atoms with van der Waals surface area (Å²) in [5.74, 6) is -1.81. The number of carboxylic acids is 1. The lowest BCUT2D eigenvalue weighted by Crippen LogP contribution is -2.08. The van der Waals surface area contributed by atoms with Crippen molar-refractivity contribution in [2.45, 2.75) is 36.5 Å². The van der Waals surface area contributed by atoms with E-state index >= 15 is 0 Å². The van der Waals surface area contributed by atoms with Gasteiger partial charge < -0.3 is 10.2 Å². The van der Waals surface area contributed by atoms with Gasteiger partial charge in [0.25, 0.3) is 5.69 Å². The Kier molecular flexibility index (Phi) is 5.22. The molecule has 0 heterocycles. The zero-order valence-electron chi connectivity index (χ0n) is 13.8. The lowest BCUT2D eigenvalue weighted by Gasteiger charge is -2.16. The highest BCUT2D eigenvalue weighted by Gasteiger charge is 2.24. The fraction of sp³-hybridized carbons (Fsp3) is 0.235. The summed E-state index contributed by atoms with van der Waals surface area (Å²) in [5.41, 5.74) is 0.174. The van der Waals surface area contributed by atoms with E-state index in [1.165, 1.54) is 37.3 Å². The standard InChI is InChI=1S/C17H17NO6S/c1-9(2)13-8-14(10(3)15(16(13)19)17(20)21)25(24)12-6-4-11(5-7-12)18(22)23/h4-9,19H,1-3H3,(H,20,21). The molecule has 1 unspecified atom stereocenters. The van der Waals surface area contributed by atoms with E-state index in [2.05, 4.69) is 0 Å². The van der Waals surface area contributed by atoms with Crippen molar-refractivity contribution in [1.82, 2.24) is 0 Å². The van der Waals surface area contributed by atoms with E-state index in [1.807, 2.05) is 0 Å². The molecule has 7 nitrogen and oxygen atoms in total. The van der Waals surface area contributed by atoms with Crippen molar-refractivity contribution >= 4 is 22.5 Å². The second-order valence-electron chi connectivity index (χ2n) is 5.79. The number of nitro benzene ring substituents is 1. The number of aromatic carboxylic acids is 1. The monoisotopic (exact) mass is 363 g/mol. The molecule has 0 bridgehead atoms. The number of benzene rings is 2. The second-order valence-corrected chi connectivity index (χ2v) is 7.24. The van der Waals surface area contributed by atoms with Crippen LogP contribution < -0.4 is 0 Å². The number of hydrogen-bond donors (Lipinski definition) is 2. The largest absolute Gasteiger partial charge is 0.507 e. The Morgan fingerprint density at radius 3 is 2.24 bits per heavy atom. The Labute approximate surface area is 146 Å². The van der Waals surface area contributed by atoms with Crippen molar-refractivity contribution in [2.24, 2.45) is 0 Å². The lowest BCUT2D eigenvalue weighted by molar-refractivity contribution is -0.384. The topological polar surface area (TPSA) is 118 Å². The molecule has 2 N–H and O–H groups in total. The summed E-state index contributed by atoms with van der Waals surface area (Å²) in [6, 6.07) is 6.75.